The Hall–Kier alpha value is -1.09. The van der Waals surface area contributed by atoms with Gasteiger partial charge in [0.1, 0.15) is 18.2 Å². The van der Waals surface area contributed by atoms with Gasteiger partial charge in [-0.1, -0.05) is 13.0 Å². The van der Waals surface area contributed by atoms with E-state index in [-0.39, 0.29) is 5.82 Å². The second kappa shape index (κ2) is 6.90. The molecule has 0 heterocycles. The van der Waals surface area contributed by atoms with Crippen LogP contribution < -0.4 is 10.1 Å². The maximum absolute atomic E-state index is 13.3. The summed E-state index contributed by atoms with van der Waals surface area (Å²) in [5.74, 6) is 1.29. The first-order valence-electron chi connectivity index (χ1n) is 7.27. The van der Waals surface area contributed by atoms with Crippen molar-refractivity contribution in [1.82, 2.24) is 5.32 Å². The maximum Gasteiger partial charge on any atom is 0.129 e. The predicted molar refractivity (Wildman–Crippen MR) is 76.1 cm³/mol. The molecule has 106 valence electrons. The molecule has 0 aliphatic heterocycles. The van der Waals surface area contributed by atoms with Gasteiger partial charge in [0, 0.05) is 18.7 Å². The van der Waals surface area contributed by atoms with Crippen LogP contribution in [0.1, 0.15) is 38.2 Å². The molecule has 0 saturated heterocycles. The molecule has 1 aromatic rings. The lowest BCUT2D eigenvalue weighted by molar-refractivity contribution is 0.270. The molecule has 0 spiro atoms. The van der Waals surface area contributed by atoms with Crippen molar-refractivity contribution < 1.29 is 9.13 Å². The van der Waals surface area contributed by atoms with E-state index in [1.54, 1.807) is 13.0 Å². The van der Waals surface area contributed by atoms with Crippen molar-refractivity contribution in [3.8, 4) is 5.75 Å². The Balaban J connectivity index is 1.65. The van der Waals surface area contributed by atoms with Gasteiger partial charge in [-0.2, -0.15) is 0 Å². The molecule has 0 atom stereocenters. The fourth-order valence-corrected chi connectivity index (χ4v) is 2.56. The summed E-state index contributed by atoms with van der Waals surface area (Å²) < 4.78 is 18.9. The number of halogens is 1. The zero-order chi connectivity index (χ0) is 13.7. The normalized spacial score (nSPS) is 23.3. The average Bonchev–Trinajstić information content (AvgIpc) is 2.41. The highest BCUT2D eigenvalue weighted by Crippen LogP contribution is 2.23. The van der Waals surface area contributed by atoms with Crippen molar-refractivity contribution in [2.45, 2.75) is 45.6 Å². The summed E-state index contributed by atoms with van der Waals surface area (Å²) in [6.07, 6.45) is 5.17. The van der Waals surface area contributed by atoms with Crippen LogP contribution in [0.15, 0.2) is 18.2 Å². The summed E-state index contributed by atoms with van der Waals surface area (Å²) in [6, 6.07) is 5.66. The van der Waals surface area contributed by atoms with Gasteiger partial charge < -0.3 is 10.1 Å². The van der Waals surface area contributed by atoms with Gasteiger partial charge in [-0.05, 0) is 50.2 Å². The molecule has 0 aromatic heterocycles. The van der Waals surface area contributed by atoms with Gasteiger partial charge in [-0.25, -0.2) is 4.39 Å². The van der Waals surface area contributed by atoms with E-state index in [2.05, 4.69) is 12.2 Å². The fourth-order valence-electron chi connectivity index (χ4n) is 2.56. The molecular formula is C16H24FNO. The van der Waals surface area contributed by atoms with Crippen LogP contribution in [0.4, 0.5) is 4.39 Å². The van der Waals surface area contributed by atoms with Crippen LogP contribution in [0.3, 0.4) is 0 Å². The Labute approximate surface area is 115 Å². The molecule has 19 heavy (non-hydrogen) atoms. The quantitative estimate of drug-likeness (QED) is 0.820. The summed E-state index contributed by atoms with van der Waals surface area (Å²) in [5.41, 5.74) is 0.654. The molecule has 1 saturated carbocycles. The Morgan fingerprint density at radius 1 is 1.26 bits per heavy atom. The van der Waals surface area contributed by atoms with Gasteiger partial charge in [0.05, 0.1) is 0 Å². The first-order valence-corrected chi connectivity index (χ1v) is 7.27. The first-order chi connectivity index (χ1) is 9.15. The molecule has 1 aliphatic carbocycles. The molecule has 1 aliphatic rings. The van der Waals surface area contributed by atoms with E-state index in [9.17, 15) is 4.39 Å². The molecule has 0 amide bonds. The van der Waals surface area contributed by atoms with E-state index < -0.39 is 0 Å². The minimum absolute atomic E-state index is 0.202. The minimum atomic E-state index is -0.202. The Morgan fingerprint density at radius 3 is 2.68 bits per heavy atom. The monoisotopic (exact) mass is 265 g/mol. The largest absolute Gasteiger partial charge is 0.492 e. The number of hydrogen-bond acceptors (Lipinski definition) is 2. The summed E-state index contributed by atoms with van der Waals surface area (Å²) in [6.45, 7) is 5.50. The highest BCUT2D eigenvalue weighted by molar-refractivity contribution is 5.27. The van der Waals surface area contributed by atoms with Crippen molar-refractivity contribution in [1.29, 1.82) is 0 Å². The highest BCUT2D eigenvalue weighted by atomic mass is 19.1. The molecule has 2 rings (SSSR count). The first kappa shape index (κ1) is 14.3. The van der Waals surface area contributed by atoms with Crippen LogP contribution in [0.2, 0.25) is 0 Å². The number of benzene rings is 1. The third-order valence-electron chi connectivity index (χ3n) is 3.96. The number of hydrogen-bond donors (Lipinski definition) is 1. The van der Waals surface area contributed by atoms with Crippen LogP contribution in [0.25, 0.3) is 0 Å². The summed E-state index contributed by atoms with van der Waals surface area (Å²) in [4.78, 5) is 0. The Kier molecular flexibility index (Phi) is 5.20. The van der Waals surface area contributed by atoms with Crippen LogP contribution >= 0.6 is 0 Å². The Bertz CT molecular complexity index is 400. The molecular weight excluding hydrogens is 241 g/mol. The predicted octanol–water partition coefficient (Wildman–Crippen LogP) is 3.68. The zero-order valence-corrected chi connectivity index (χ0v) is 11.9. The SMILES string of the molecule is Cc1ccc(OCCNC2CCC(C)CC2)cc1F. The van der Waals surface area contributed by atoms with Gasteiger partial charge in [-0.15, -0.1) is 0 Å². The van der Waals surface area contributed by atoms with Crippen LogP contribution in [0.5, 0.6) is 5.75 Å². The number of ether oxygens (including phenoxy) is 1. The van der Waals surface area contributed by atoms with E-state index in [4.69, 9.17) is 4.74 Å². The molecule has 2 nitrogen and oxygen atoms in total. The molecule has 1 aromatic carbocycles. The highest BCUT2D eigenvalue weighted by Gasteiger charge is 2.17. The van der Waals surface area contributed by atoms with Crippen molar-refractivity contribution in [2.75, 3.05) is 13.2 Å². The maximum atomic E-state index is 13.3. The van der Waals surface area contributed by atoms with Gasteiger partial charge in [0.25, 0.3) is 0 Å². The third-order valence-corrected chi connectivity index (χ3v) is 3.96. The molecule has 1 fully saturated rings. The molecule has 0 bridgehead atoms. The molecule has 1 N–H and O–H groups in total. The minimum Gasteiger partial charge on any atom is -0.492 e. The zero-order valence-electron chi connectivity index (χ0n) is 11.9. The lowest BCUT2D eigenvalue weighted by Gasteiger charge is -2.27. The number of aryl methyl sites for hydroxylation is 1. The van der Waals surface area contributed by atoms with Gasteiger partial charge in [-0.3, -0.25) is 0 Å². The average molecular weight is 265 g/mol. The van der Waals surface area contributed by atoms with Crippen molar-refractivity contribution in [3.63, 3.8) is 0 Å². The summed E-state index contributed by atoms with van der Waals surface area (Å²) in [7, 11) is 0. The van der Waals surface area contributed by atoms with E-state index >= 15 is 0 Å². The van der Waals surface area contributed by atoms with Gasteiger partial charge in [0.2, 0.25) is 0 Å². The van der Waals surface area contributed by atoms with Crippen LogP contribution in [-0.4, -0.2) is 19.2 Å². The van der Waals surface area contributed by atoms with Crippen molar-refractivity contribution >= 4 is 0 Å². The number of nitrogens with one attached hydrogen (secondary N) is 1. The van der Waals surface area contributed by atoms with Gasteiger partial charge >= 0.3 is 0 Å². The summed E-state index contributed by atoms with van der Waals surface area (Å²) in [5, 5.41) is 3.52. The van der Waals surface area contributed by atoms with E-state index in [0.29, 0.717) is 24.0 Å². The van der Waals surface area contributed by atoms with Crippen LogP contribution in [-0.2, 0) is 0 Å². The number of rotatable bonds is 5. The van der Waals surface area contributed by atoms with E-state index in [1.165, 1.54) is 31.7 Å². The lowest BCUT2D eigenvalue weighted by Crippen LogP contribution is -2.35. The lowest BCUT2D eigenvalue weighted by atomic mass is 9.87. The van der Waals surface area contributed by atoms with E-state index in [0.717, 1.165) is 12.5 Å². The third kappa shape index (κ3) is 4.50. The fraction of sp³-hybridized carbons (Fsp3) is 0.625. The molecule has 3 heteroatoms. The molecule has 0 unspecified atom stereocenters. The smallest absolute Gasteiger partial charge is 0.129 e. The second-order valence-corrected chi connectivity index (χ2v) is 5.67. The van der Waals surface area contributed by atoms with Crippen LogP contribution in [0, 0.1) is 18.7 Å². The standard InChI is InChI=1S/C16H24FNO/c1-12-3-6-14(7-4-12)18-9-10-19-15-8-5-13(2)16(17)11-15/h5,8,11-12,14,18H,3-4,6-7,9-10H2,1-2H3. The Morgan fingerprint density at radius 2 is 2.00 bits per heavy atom. The summed E-state index contributed by atoms with van der Waals surface area (Å²) >= 11 is 0. The second-order valence-electron chi connectivity index (χ2n) is 5.67. The van der Waals surface area contributed by atoms with E-state index in [1.807, 2.05) is 6.07 Å². The van der Waals surface area contributed by atoms with Gasteiger partial charge in [0.15, 0.2) is 0 Å². The topological polar surface area (TPSA) is 21.3 Å². The molecule has 0 radical (unpaired) electrons. The van der Waals surface area contributed by atoms with Crippen molar-refractivity contribution in [2.24, 2.45) is 5.92 Å². The van der Waals surface area contributed by atoms with Crippen molar-refractivity contribution in [3.05, 3.63) is 29.6 Å².